The minimum atomic E-state index is -0.234. The molecule has 0 spiro atoms. The zero-order valence-electron chi connectivity index (χ0n) is 18.0. The van der Waals surface area contributed by atoms with Gasteiger partial charge in [0.2, 0.25) is 0 Å². The van der Waals surface area contributed by atoms with Crippen molar-refractivity contribution in [2.24, 2.45) is 0 Å². The normalized spacial score (nSPS) is 10.9. The number of ketones is 1. The predicted molar refractivity (Wildman–Crippen MR) is 115 cm³/mol. The molecule has 0 radical (unpaired) electrons. The van der Waals surface area contributed by atoms with Gasteiger partial charge in [0.1, 0.15) is 11.5 Å². The Balaban J connectivity index is 2.32. The van der Waals surface area contributed by atoms with Gasteiger partial charge in [0.25, 0.3) is 0 Å². The van der Waals surface area contributed by atoms with Crippen LogP contribution < -0.4 is 28.4 Å². The van der Waals surface area contributed by atoms with Gasteiger partial charge in [-0.05, 0) is 36.4 Å². The summed E-state index contributed by atoms with van der Waals surface area (Å²) in [4.78, 5) is 12.4. The second kappa shape index (κ2) is 10.8. The van der Waals surface area contributed by atoms with Crippen LogP contribution in [0, 0.1) is 0 Å². The third-order valence-corrected chi connectivity index (χ3v) is 4.29. The number of carbonyl (C=O) groups excluding carboxylic acids is 1. The summed E-state index contributed by atoms with van der Waals surface area (Å²) < 4.78 is 32.0. The fraction of sp³-hybridized carbons (Fsp3) is 0.261. The average molecular weight is 414 g/mol. The lowest BCUT2D eigenvalue weighted by Gasteiger charge is -2.12. The second-order valence-corrected chi connectivity index (χ2v) is 5.97. The lowest BCUT2D eigenvalue weighted by atomic mass is 10.1. The van der Waals surface area contributed by atoms with Gasteiger partial charge in [-0.1, -0.05) is 0 Å². The molecule has 0 aromatic heterocycles. The van der Waals surface area contributed by atoms with E-state index in [4.69, 9.17) is 28.4 Å². The van der Waals surface area contributed by atoms with Crippen LogP contribution in [0.2, 0.25) is 0 Å². The summed E-state index contributed by atoms with van der Waals surface area (Å²) in [7, 11) is 9.25. The van der Waals surface area contributed by atoms with E-state index >= 15 is 0 Å². The van der Waals surface area contributed by atoms with Crippen molar-refractivity contribution in [3.8, 4) is 34.5 Å². The molecule has 0 aliphatic rings. The van der Waals surface area contributed by atoms with Crippen LogP contribution in [0.15, 0.2) is 36.4 Å². The topological polar surface area (TPSA) is 72.5 Å². The second-order valence-electron chi connectivity index (χ2n) is 5.97. The van der Waals surface area contributed by atoms with Crippen LogP contribution in [0.4, 0.5) is 0 Å². The molecule has 0 N–H and O–H groups in total. The van der Waals surface area contributed by atoms with E-state index in [0.717, 1.165) is 0 Å². The van der Waals surface area contributed by atoms with Gasteiger partial charge in [-0.2, -0.15) is 0 Å². The third kappa shape index (κ3) is 5.26. The summed E-state index contributed by atoms with van der Waals surface area (Å²) in [6.45, 7) is 0. The molecule has 0 aliphatic carbocycles. The molecule has 0 aliphatic heterocycles. The van der Waals surface area contributed by atoms with E-state index in [-0.39, 0.29) is 5.78 Å². The average Bonchev–Trinajstić information content (AvgIpc) is 2.79. The maximum atomic E-state index is 12.4. The van der Waals surface area contributed by atoms with Gasteiger partial charge in [0, 0.05) is 23.3 Å². The molecule has 30 heavy (non-hydrogen) atoms. The van der Waals surface area contributed by atoms with Crippen molar-refractivity contribution in [3.05, 3.63) is 47.5 Å². The summed E-state index contributed by atoms with van der Waals surface area (Å²) in [6.07, 6.45) is 6.13. The molecule has 2 aromatic carbocycles. The molecule has 7 nitrogen and oxygen atoms in total. The highest BCUT2D eigenvalue weighted by molar-refractivity contribution is 6.05. The van der Waals surface area contributed by atoms with Crippen molar-refractivity contribution >= 4 is 17.9 Å². The summed E-state index contributed by atoms with van der Waals surface area (Å²) >= 11 is 0. The molecule has 160 valence electrons. The number of allylic oxidation sites excluding steroid dienone is 2. The highest BCUT2D eigenvalue weighted by Gasteiger charge is 2.12. The van der Waals surface area contributed by atoms with E-state index in [1.54, 1.807) is 50.6 Å². The van der Waals surface area contributed by atoms with Crippen LogP contribution >= 0.6 is 0 Å². The quantitative estimate of drug-likeness (QED) is 0.544. The van der Waals surface area contributed by atoms with Crippen LogP contribution in [0.25, 0.3) is 12.2 Å². The Morgan fingerprint density at radius 3 is 1.30 bits per heavy atom. The zero-order chi connectivity index (χ0) is 22.1. The Bertz CT molecular complexity index is 870. The summed E-state index contributed by atoms with van der Waals surface area (Å²) in [5.74, 6) is 2.96. The highest BCUT2D eigenvalue weighted by atomic mass is 16.5. The van der Waals surface area contributed by atoms with E-state index in [1.165, 1.54) is 40.6 Å². The summed E-state index contributed by atoms with van der Waals surface area (Å²) in [6, 6.07) is 6.93. The highest BCUT2D eigenvalue weighted by Crippen LogP contribution is 2.37. The Morgan fingerprint density at radius 1 is 0.600 bits per heavy atom. The fourth-order valence-corrected chi connectivity index (χ4v) is 2.82. The van der Waals surface area contributed by atoms with Gasteiger partial charge in [0.05, 0.1) is 42.7 Å². The van der Waals surface area contributed by atoms with Crippen molar-refractivity contribution in [1.29, 1.82) is 0 Å². The maximum Gasteiger partial charge on any atom is 0.178 e. The number of rotatable bonds is 10. The van der Waals surface area contributed by atoms with Gasteiger partial charge < -0.3 is 28.4 Å². The molecule has 0 unspecified atom stereocenters. The largest absolute Gasteiger partial charge is 0.497 e. The Morgan fingerprint density at radius 2 is 1.00 bits per heavy atom. The van der Waals surface area contributed by atoms with Crippen LogP contribution in [0.1, 0.15) is 11.1 Å². The molecule has 0 bridgehead atoms. The first kappa shape index (κ1) is 22.7. The van der Waals surface area contributed by atoms with Gasteiger partial charge in [-0.3, -0.25) is 4.79 Å². The summed E-state index contributed by atoms with van der Waals surface area (Å²) in [5.41, 5.74) is 1.30. The molecule has 0 saturated carbocycles. The van der Waals surface area contributed by atoms with Crippen molar-refractivity contribution in [1.82, 2.24) is 0 Å². The van der Waals surface area contributed by atoms with Gasteiger partial charge in [-0.25, -0.2) is 0 Å². The number of ether oxygens (including phenoxy) is 6. The Kier molecular flexibility index (Phi) is 8.17. The third-order valence-electron chi connectivity index (χ3n) is 4.29. The molecule has 0 saturated heterocycles. The fourth-order valence-electron chi connectivity index (χ4n) is 2.82. The van der Waals surface area contributed by atoms with Gasteiger partial charge >= 0.3 is 0 Å². The van der Waals surface area contributed by atoms with E-state index in [0.29, 0.717) is 45.6 Å². The Labute approximate surface area is 176 Å². The molecular weight excluding hydrogens is 388 g/mol. The standard InChI is InChI=1S/C23H26O7/c1-25-18-11-15(22(29-5)20(13-18)27-3)7-9-17(24)10-8-16-12-19(26-2)14-21(28-4)23(16)30-6/h7-14H,1-6H3/b9-7+,10-8+. The molecule has 0 atom stereocenters. The first-order valence-corrected chi connectivity index (χ1v) is 9.01. The minimum Gasteiger partial charge on any atom is -0.497 e. The predicted octanol–water partition coefficient (Wildman–Crippen LogP) is 4.03. The minimum absolute atomic E-state index is 0.234. The first-order chi connectivity index (χ1) is 14.5. The van der Waals surface area contributed by atoms with Crippen LogP contribution in [0.5, 0.6) is 34.5 Å². The van der Waals surface area contributed by atoms with Gasteiger partial charge in [-0.15, -0.1) is 0 Å². The van der Waals surface area contributed by atoms with Crippen molar-refractivity contribution < 1.29 is 33.2 Å². The first-order valence-electron chi connectivity index (χ1n) is 9.01. The Hall–Kier alpha value is -3.61. The smallest absolute Gasteiger partial charge is 0.178 e. The van der Waals surface area contributed by atoms with Crippen molar-refractivity contribution in [2.45, 2.75) is 0 Å². The van der Waals surface area contributed by atoms with E-state index in [9.17, 15) is 4.79 Å². The molecule has 7 heteroatoms. The van der Waals surface area contributed by atoms with Crippen LogP contribution in [-0.2, 0) is 4.79 Å². The zero-order valence-corrected chi connectivity index (χ0v) is 18.0. The van der Waals surface area contributed by atoms with Gasteiger partial charge in [0.15, 0.2) is 28.8 Å². The lowest BCUT2D eigenvalue weighted by Crippen LogP contribution is -1.96. The van der Waals surface area contributed by atoms with Crippen molar-refractivity contribution in [2.75, 3.05) is 42.7 Å². The van der Waals surface area contributed by atoms with E-state index in [2.05, 4.69) is 0 Å². The molecule has 2 aromatic rings. The monoisotopic (exact) mass is 414 g/mol. The number of hydrogen-bond acceptors (Lipinski definition) is 7. The van der Waals surface area contributed by atoms with E-state index < -0.39 is 0 Å². The molecule has 2 rings (SSSR count). The van der Waals surface area contributed by atoms with Crippen molar-refractivity contribution in [3.63, 3.8) is 0 Å². The van der Waals surface area contributed by atoms with Crippen LogP contribution in [-0.4, -0.2) is 48.4 Å². The maximum absolute atomic E-state index is 12.4. The number of benzene rings is 2. The molecule has 0 amide bonds. The number of hydrogen-bond donors (Lipinski definition) is 0. The SMILES string of the molecule is COc1cc(/C=C/C(=O)/C=C/c2cc(OC)cc(OC)c2OC)c(OC)c(OC)c1. The number of methoxy groups -OCH3 is 6. The summed E-state index contributed by atoms with van der Waals surface area (Å²) in [5, 5.41) is 0. The lowest BCUT2D eigenvalue weighted by molar-refractivity contribution is -0.110. The molecular formula is C23H26O7. The molecule has 0 heterocycles. The van der Waals surface area contributed by atoms with E-state index in [1.807, 2.05) is 0 Å². The molecule has 0 fully saturated rings. The van der Waals surface area contributed by atoms with Crippen LogP contribution in [0.3, 0.4) is 0 Å². The number of carbonyl (C=O) groups is 1.